The number of hydrogen-bond acceptors (Lipinski definition) is 4. The van der Waals surface area contributed by atoms with E-state index in [1.807, 2.05) is 30.9 Å². The summed E-state index contributed by atoms with van der Waals surface area (Å²) in [7, 11) is 0.261. The van der Waals surface area contributed by atoms with Crippen LogP contribution in [0.2, 0.25) is 18.1 Å². The van der Waals surface area contributed by atoms with Crippen LogP contribution in [0, 0.1) is 0 Å². The molecule has 0 spiro atoms. The van der Waals surface area contributed by atoms with Crippen LogP contribution in [0.4, 0.5) is 0 Å². The van der Waals surface area contributed by atoms with Gasteiger partial charge in [0.1, 0.15) is 5.75 Å². The van der Waals surface area contributed by atoms with E-state index in [1.165, 1.54) is 11.1 Å². The Bertz CT molecular complexity index is 1040. The number of hydrogen-bond donors (Lipinski definition) is 0. The lowest BCUT2D eigenvalue weighted by atomic mass is 9.93. The number of amides is 1. The molecule has 6 heteroatoms. The van der Waals surface area contributed by atoms with E-state index in [-0.39, 0.29) is 17.0 Å². The van der Waals surface area contributed by atoms with Crippen molar-refractivity contribution in [1.29, 1.82) is 0 Å². The smallest absolute Gasteiger partial charge is 0.253 e. The van der Waals surface area contributed by atoms with Gasteiger partial charge in [0.05, 0.1) is 6.04 Å². The maximum absolute atomic E-state index is 12.9. The van der Waals surface area contributed by atoms with Crippen molar-refractivity contribution in [3.05, 3.63) is 65.2 Å². The summed E-state index contributed by atoms with van der Waals surface area (Å²) in [4.78, 5) is 19.9. The van der Waals surface area contributed by atoms with Gasteiger partial charge in [-0.2, -0.15) is 0 Å². The Kier molecular flexibility index (Phi) is 9.30. The highest BCUT2D eigenvalue weighted by Crippen LogP contribution is 2.39. The molecule has 204 valence electrons. The van der Waals surface area contributed by atoms with Gasteiger partial charge >= 0.3 is 0 Å². The van der Waals surface area contributed by atoms with Crippen molar-refractivity contribution in [2.24, 2.45) is 0 Å². The summed E-state index contributed by atoms with van der Waals surface area (Å²) in [6.45, 7) is 23.6. The molecule has 0 radical (unpaired) electrons. The Hall–Kier alpha value is -2.15. The van der Waals surface area contributed by atoms with E-state index >= 15 is 0 Å². The Morgan fingerprint density at radius 1 is 1.00 bits per heavy atom. The summed E-state index contributed by atoms with van der Waals surface area (Å²) in [6.07, 6.45) is 0. The van der Waals surface area contributed by atoms with Gasteiger partial charge in [-0.3, -0.25) is 9.69 Å². The zero-order valence-corrected chi connectivity index (χ0v) is 25.8. The van der Waals surface area contributed by atoms with Crippen molar-refractivity contribution < 1.29 is 9.22 Å². The second-order valence-corrected chi connectivity index (χ2v) is 17.0. The summed E-state index contributed by atoms with van der Waals surface area (Å²) in [5, 5.41) is 0.136. The van der Waals surface area contributed by atoms with Crippen LogP contribution in [-0.2, 0) is 0 Å². The van der Waals surface area contributed by atoms with Gasteiger partial charge in [-0.05, 0) is 88.3 Å². The van der Waals surface area contributed by atoms with Crippen molar-refractivity contribution >= 4 is 14.2 Å². The van der Waals surface area contributed by atoms with Gasteiger partial charge in [0.25, 0.3) is 5.91 Å². The van der Waals surface area contributed by atoms with Gasteiger partial charge in [-0.1, -0.05) is 45.0 Å². The second-order valence-electron chi connectivity index (χ2n) is 12.3. The van der Waals surface area contributed by atoms with Crippen molar-refractivity contribution in [1.82, 2.24) is 14.7 Å². The molecule has 1 amide bonds. The van der Waals surface area contributed by atoms with Crippen molar-refractivity contribution in [2.75, 3.05) is 33.2 Å². The van der Waals surface area contributed by atoms with Crippen LogP contribution in [0.3, 0.4) is 0 Å². The number of likely N-dealkylation sites (N-methyl/N-ethyl adjacent to an activating group) is 1. The van der Waals surface area contributed by atoms with E-state index in [0.29, 0.717) is 12.1 Å². The molecule has 1 saturated heterocycles. The van der Waals surface area contributed by atoms with Crippen molar-refractivity contribution in [3.63, 3.8) is 0 Å². The molecule has 1 fully saturated rings. The zero-order valence-electron chi connectivity index (χ0n) is 24.8. The Balaban J connectivity index is 2.03. The molecular formula is C31H49N3O2Si. The van der Waals surface area contributed by atoms with Crippen molar-refractivity contribution in [3.8, 4) is 5.75 Å². The quantitative estimate of drug-likeness (QED) is 0.362. The van der Waals surface area contributed by atoms with E-state index in [2.05, 4.69) is 101 Å². The van der Waals surface area contributed by atoms with Crippen LogP contribution in [0.5, 0.6) is 5.75 Å². The third-order valence-electron chi connectivity index (χ3n) is 8.55. The first-order chi connectivity index (χ1) is 17.3. The van der Waals surface area contributed by atoms with E-state index in [9.17, 15) is 4.79 Å². The molecule has 1 heterocycles. The highest BCUT2D eigenvalue weighted by atomic mass is 28.4. The predicted molar refractivity (Wildman–Crippen MR) is 158 cm³/mol. The number of piperazine rings is 1. The van der Waals surface area contributed by atoms with Gasteiger partial charge in [0.2, 0.25) is 8.32 Å². The molecule has 0 aliphatic carbocycles. The van der Waals surface area contributed by atoms with Crippen molar-refractivity contribution in [2.45, 2.75) is 84.7 Å². The van der Waals surface area contributed by atoms with Crippen LogP contribution < -0.4 is 4.43 Å². The summed E-state index contributed by atoms with van der Waals surface area (Å²) in [5.74, 6) is 1.05. The lowest BCUT2D eigenvalue weighted by Gasteiger charge is -2.46. The van der Waals surface area contributed by atoms with Crippen LogP contribution in [-0.4, -0.2) is 74.2 Å². The average Bonchev–Trinajstić information content (AvgIpc) is 2.83. The predicted octanol–water partition coefficient (Wildman–Crippen LogP) is 6.67. The topological polar surface area (TPSA) is 36.0 Å². The SMILES string of the molecule is CCN(CC)C(=O)c1ccc([C@H](c2cccc(O[Si](C)(C)C(C)(C)C)c2)N2C[C@H](C)N(C)C[C@@H]2C)cc1. The van der Waals surface area contributed by atoms with Gasteiger partial charge in [-0.25, -0.2) is 0 Å². The highest BCUT2D eigenvalue weighted by Gasteiger charge is 2.39. The molecule has 0 N–H and O–H groups in total. The lowest BCUT2D eigenvalue weighted by molar-refractivity contribution is 0.0389. The Labute approximate surface area is 226 Å². The number of carbonyl (C=O) groups excluding carboxylic acids is 1. The third kappa shape index (κ3) is 6.65. The van der Waals surface area contributed by atoms with Gasteiger partial charge in [-0.15, -0.1) is 0 Å². The molecule has 1 aliphatic heterocycles. The fourth-order valence-corrected chi connectivity index (χ4v) is 5.98. The first kappa shape index (κ1) is 29.4. The summed E-state index contributed by atoms with van der Waals surface area (Å²) >= 11 is 0. The molecule has 0 unspecified atom stereocenters. The standard InChI is InChI=1S/C31H49N3O2Si/c1-11-33(12-2)30(35)26-18-16-25(17-19-26)29(34-22-23(3)32(8)21-24(34)4)27-14-13-15-28(20-27)36-37(9,10)31(5,6)7/h13-20,23-24,29H,11-12,21-22H2,1-10H3/t23-,24-,29+/m0/s1. The zero-order chi connectivity index (χ0) is 27.5. The Morgan fingerprint density at radius 3 is 2.19 bits per heavy atom. The largest absolute Gasteiger partial charge is 0.543 e. The fourth-order valence-electron chi connectivity index (χ4n) is 4.96. The highest BCUT2D eigenvalue weighted by molar-refractivity contribution is 6.74. The molecule has 0 bridgehead atoms. The fraction of sp³-hybridized carbons (Fsp3) is 0.581. The maximum atomic E-state index is 12.9. The molecule has 3 atom stereocenters. The molecular weight excluding hydrogens is 474 g/mol. The molecule has 2 aromatic carbocycles. The monoisotopic (exact) mass is 523 g/mol. The first-order valence-electron chi connectivity index (χ1n) is 13.9. The lowest BCUT2D eigenvalue weighted by Crippen LogP contribution is -2.55. The van der Waals surface area contributed by atoms with Crippen LogP contribution in [0.15, 0.2) is 48.5 Å². The number of nitrogens with zero attached hydrogens (tertiary/aromatic N) is 3. The number of carbonyl (C=O) groups is 1. The molecule has 2 aromatic rings. The molecule has 1 aliphatic rings. The molecule has 5 nitrogen and oxygen atoms in total. The van der Waals surface area contributed by atoms with E-state index < -0.39 is 8.32 Å². The summed E-state index contributed by atoms with van der Waals surface area (Å²) in [5.41, 5.74) is 3.20. The third-order valence-corrected chi connectivity index (χ3v) is 12.9. The molecule has 37 heavy (non-hydrogen) atoms. The molecule has 3 rings (SSSR count). The molecule has 0 aromatic heterocycles. The normalized spacial score (nSPS) is 20.5. The minimum atomic E-state index is -1.96. The number of rotatable bonds is 8. The van der Waals surface area contributed by atoms with E-state index in [1.54, 1.807) is 0 Å². The first-order valence-corrected chi connectivity index (χ1v) is 16.8. The molecule has 0 saturated carbocycles. The minimum absolute atomic E-state index is 0.0896. The second kappa shape index (κ2) is 11.7. The van der Waals surface area contributed by atoms with Crippen LogP contribution in [0.25, 0.3) is 0 Å². The summed E-state index contributed by atoms with van der Waals surface area (Å²) in [6, 6.07) is 18.0. The average molecular weight is 524 g/mol. The van der Waals surface area contributed by atoms with Gasteiger partial charge < -0.3 is 14.2 Å². The van der Waals surface area contributed by atoms with Crippen LogP contribution in [0.1, 0.15) is 76.0 Å². The number of benzene rings is 2. The van der Waals surface area contributed by atoms with E-state index in [4.69, 9.17) is 4.43 Å². The Morgan fingerprint density at radius 2 is 1.62 bits per heavy atom. The van der Waals surface area contributed by atoms with Gasteiger partial charge in [0.15, 0.2) is 0 Å². The maximum Gasteiger partial charge on any atom is 0.253 e. The minimum Gasteiger partial charge on any atom is -0.543 e. The van der Waals surface area contributed by atoms with E-state index in [0.717, 1.165) is 37.5 Å². The van der Waals surface area contributed by atoms with Gasteiger partial charge in [0, 0.05) is 43.8 Å². The van der Waals surface area contributed by atoms with Crippen LogP contribution >= 0.6 is 0 Å². The summed E-state index contributed by atoms with van der Waals surface area (Å²) < 4.78 is 6.71.